The largest absolute Gasteiger partial charge is 0.490 e. The minimum absolute atomic E-state index is 0.263. The van der Waals surface area contributed by atoms with Gasteiger partial charge >= 0.3 is 5.97 Å². The van der Waals surface area contributed by atoms with Crippen molar-refractivity contribution in [2.75, 3.05) is 13.2 Å². The zero-order valence-corrected chi connectivity index (χ0v) is 12.6. The Labute approximate surface area is 120 Å². The Morgan fingerprint density at radius 2 is 1.55 bits per heavy atom. The Morgan fingerprint density at radius 3 is 2.00 bits per heavy atom. The summed E-state index contributed by atoms with van der Waals surface area (Å²) in [6, 6.07) is 3.31. The van der Waals surface area contributed by atoms with Gasteiger partial charge in [0.15, 0.2) is 11.5 Å². The fourth-order valence-electron chi connectivity index (χ4n) is 1.77. The molecule has 0 aliphatic rings. The SMILES string of the molecule is CCCCOc1cc(C)c(C(=O)O)cc1OCCCC. The zero-order valence-electron chi connectivity index (χ0n) is 12.6. The molecular weight excluding hydrogens is 256 g/mol. The predicted molar refractivity (Wildman–Crippen MR) is 78.9 cm³/mol. The van der Waals surface area contributed by atoms with Crippen LogP contribution in [0.25, 0.3) is 0 Å². The first-order valence-electron chi connectivity index (χ1n) is 7.23. The van der Waals surface area contributed by atoms with Crippen molar-refractivity contribution in [3.05, 3.63) is 23.3 Å². The number of unbranched alkanes of at least 4 members (excludes halogenated alkanes) is 2. The van der Waals surface area contributed by atoms with Gasteiger partial charge in [-0.1, -0.05) is 26.7 Å². The standard InChI is InChI=1S/C16H24O4/c1-4-6-8-19-14-10-12(3)13(16(17)18)11-15(14)20-9-7-5-2/h10-11H,4-9H2,1-3H3,(H,17,18). The summed E-state index contributed by atoms with van der Waals surface area (Å²) in [5.74, 6) is 0.220. The predicted octanol–water partition coefficient (Wildman–Crippen LogP) is 4.05. The molecule has 0 spiro atoms. The summed E-state index contributed by atoms with van der Waals surface area (Å²) in [5, 5.41) is 9.17. The molecule has 20 heavy (non-hydrogen) atoms. The second-order valence-corrected chi connectivity index (χ2v) is 4.82. The minimum atomic E-state index is -0.942. The Kier molecular flexibility index (Phi) is 6.91. The topological polar surface area (TPSA) is 55.8 Å². The van der Waals surface area contributed by atoms with Crippen molar-refractivity contribution in [2.24, 2.45) is 0 Å². The van der Waals surface area contributed by atoms with Crippen LogP contribution in [0.1, 0.15) is 55.5 Å². The lowest BCUT2D eigenvalue weighted by Crippen LogP contribution is -2.06. The van der Waals surface area contributed by atoms with Crippen molar-refractivity contribution >= 4 is 5.97 Å². The average molecular weight is 280 g/mol. The van der Waals surface area contributed by atoms with Gasteiger partial charge in [-0.2, -0.15) is 0 Å². The average Bonchev–Trinajstić information content (AvgIpc) is 2.41. The lowest BCUT2D eigenvalue weighted by molar-refractivity contribution is 0.0695. The quantitative estimate of drug-likeness (QED) is 0.693. The number of ether oxygens (including phenoxy) is 2. The summed E-state index contributed by atoms with van der Waals surface area (Å²) < 4.78 is 11.4. The summed E-state index contributed by atoms with van der Waals surface area (Å²) in [6.45, 7) is 7.14. The van der Waals surface area contributed by atoms with E-state index in [0.29, 0.717) is 30.3 Å². The third kappa shape index (κ3) is 4.76. The number of hydrogen-bond donors (Lipinski definition) is 1. The maximum absolute atomic E-state index is 11.2. The Bertz CT molecular complexity index is 440. The molecule has 0 saturated heterocycles. The van der Waals surface area contributed by atoms with Gasteiger partial charge in [-0.25, -0.2) is 4.79 Å². The fraction of sp³-hybridized carbons (Fsp3) is 0.562. The third-order valence-electron chi connectivity index (χ3n) is 3.03. The van der Waals surface area contributed by atoms with Gasteiger partial charge in [0.2, 0.25) is 0 Å². The van der Waals surface area contributed by atoms with Crippen LogP contribution in [0.4, 0.5) is 0 Å². The number of benzene rings is 1. The van der Waals surface area contributed by atoms with Crippen LogP contribution in [0.5, 0.6) is 11.5 Å². The van der Waals surface area contributed by atoms with E-state index in [1.54, 1.807) is 19.1 Å². The van der Waals surface area contributed by atoms with E-state index in [4.69, 9.17) is 9.47 Å². The highest BCUT2D eigenvalue weighted by Crippen LogP contribution is 2.31. The van der Waals surface area contributed by atoms with E-state index in [0.717, 1.165) is 25.7 Å². The van der Waals surface area contributed by atoms with E-state index in [1.807, 2.05) is 0 Å². The second-order valence-electron chi connectivity index (χ2n) is 4.82. The molecule has 0 heterocycles. The smallest absolute Gasteiger partial charge is 0.336 e. The molecule has 0 aliphatic carbocycles. The summed E-state index contributed by atoms with van der Waals surface area (Å²) in [5.41, 5.74) is 0.950. The number of aryl methyl sites for hydroxylation is 1. The van der Waals surface area contributed by atoms with E-state index in [2.05, 4.69) is 13.8 Å². The van der Waals surface area contributed by atoms with Crippen molar-refractivity contribution in [1.29, 1.82) is 0 Å². The second kappa shape index (κ2) is 8.46. The first-order valence-corrected chi connectivity index (χ1v) is 7.23. The van der Waals surface area contributed by atoms with Crippen LogP contribution in [-0.2, 0) is 0 Å². The van der Waals surface area contributed by atoms with Crippen LogP contribution >= 0.6 is 0 Å². The van der Waals surface area contributed by atoms with Crippen molar-refractivity contribution in [3.8, 4) is 11.5 Å². The molecule has 4 heteroatoms. The highest BCUT2D eigenvalue weighted by molar-refractivity contribution is 5.90. The number of carbonyl (C=O) groups is 1. The van der Waals surface area contributed by atoms with Crippen LogP contribution in [0.2, 0.25) is 0 Å². The molecule has 0 radical (unpaired) electrons. The summed E-state index contributed by atoms with van der Waals surface area (Å²) >= 11 is 0. The highest BCUT2D eigenvalue weighted by atomic mass is 16.5. The molecule has 1 aromatic rings. The van der Waals surface area contributed by atoms with Gasteiger partial charge in [0.25, 0.3) is 0 Å². The van der Waals surface area contributed by atoms with Gasteiger partial charge in [0.05, 0.1) is 18.8 Å². The number of carboxylic acid groups (broad SMARTS) is 1. The molecule has 0 aromatic heterocycles. The molecule has 0 bridgehead atoms. The van der Waals surface area contributed by atoms with Gasteiger partial charge in [-0.3, -0.25) is 0 Å². The van der Waals surface area contributed by atoms with Crippen molar-refractivity contribution in [3.63, 3.8) is 0 Å². The molecule has 112 valence electrons. The normalized spacial score (nSPS) is 10.3. The van der Waals surface area contributed by atoms with Crippen molar-refractivity contribution in [2.45, 2.75) is 46.5 Å². The van der Waals surface area contributed by atoms with E-state index in [9.17, 15) is 9.90 Å². The number of carboxylic acids is 1. The lowest BCUT2D eigenvalue weighted by Gasteiger charge is -2.14. The monoisotopic (exact) mass is 280 g/mol. The number of rotatable bonds is 9. The van der Waals surface area contributed by atoms with Gasteiger partial charge in [0, 0.05) is 0 Å². The summed E-state index contributed by atoms with van der Waals surface area (Å²) in [6.07, 6.45) is 3.99. The van der Waals surface area contributed by atoms with Crippen LogP contribution < -0.4 is 9.47 Å². The molecule has 0 saturated carbocycles. The summed E-state index contributed by atoms with van der Waals surface area (Å²) in [4.78, 5) is 11.2. The maximum atomic E-state index is 11.2. The molecule has 1 N–H and O–H groups in total. The lowest BCUT2D eigenvalue weighted by atomic mass is 10.1. The molecule has 4 nitrogen and oxygen atoms in total. The molecular formula is C16H24O4. The first-order chi connectivity index (χ1) is 9.60. The molecule has 1 aromatic carbocycles. The van der Waals surface area contributed by atoms with Crippen LogP contribution in [0.15, 0.2) is 12.1 Å². The molecule has 0 fully saturated rings. The van der Waals surface area contributed by atoms with Crippen molar-refractivity contribution < 1.29 is 19.4 Å². The summed E-state index contributed by atoms with van der Waals surface area (Å²) in [7, 11) is 0. The Balaban J connectivity index is 2.93. The van der Waals surface area contributed by atoms with Crippen LogP contribution in [0.3, 0.4) is 0 Å². The molecule has 0 unspecified atom stereocenters. The van der Waals surface area contributed by atoms with Gasteiger partial charge in [-0.05, 0) is 37.5 Å². The molecule has 0 amide bonds. The van der Waals surface area contributed by atoms with E-state index in [1.165, 1.54) is 0 Å². The van der Waals surface area contributed by atoms with Gasteiger partial charge in [0.1, 0.15) is 0 Å². The molecule has 0 atom stereocenters. The molecule has 1 rings (SSSR count). The first kappa shape index (κ1) is 16.3. The number of hydrogen-bond acceptors (Lipinski definition) is 3. The third-order valence-corrected chi connectivity index (χ3v) is 3.03. The Morgan fingerprint density at radius 1 is 1.05 bits per heavy atom. The Hall–Kier alpha value is -1.71. The van der Waals surface area contributed by atoms with E-state index < -0.39 is 5.97 Å². The van der Waals surface area contributed by atoms with E-state index in [-0.39, 0.29) is 5.56 Å². The fourth-order valence-corrected chi connectivity index (χ4v) is 1.77. The van der Waals surface area contributed by atoms with Gasteiger partial charge in [-0.15, -0.1) is 0 Å². The minimum Gasteiger partial charge on any atom is -0.490 e. The van der Waals surface area contributed by atoms with Gasteiger partial charge < -0.3 is 14.6 Å². The van der Waals surface area contributed by atoms with Crippen molar-refractivity contribution in [1.82, 2.24) is 0 Å². The van der Waals surface area contributed by atoms with E-state index >= 15 is 0 Å². The van der Waals surface area contributed by atoms with Crippen LogP contribution in [-0.4, -0.2) is 24.3 Å². The maximum Gasteiger partial charge on any atom is 0.336 e. The molecule has 0 aliphatic heterocycles. The highest BCUT2D eigenvalue weighted by Gasteiger charge is 2.14. The van der Waals surface area contributed by atoms with Crippen LogP contribution in [0, 0.1) is 6.92 Å². The number of aromatic carboxylic acids is 1. The zero-order chi connectivity index (χ0) is 15.0.